The van der Waals surface area contributed by atoms with Crippen molar-refractivity contribution in [1.82, 2.24) is 15.2 Å². The van der Waals surface area contributed by atoms with E-state index in [9.17, 15) is 9.59 Å². The van der Waals surface area contributed by atoms with E-state index in [0.717, 1.165) is 35.1 Å². The Morgan fingerprint density at radius 3 is 2.55 bits per heavy atom. The molecule has 4 rings (SSSR count). The van der Waals surface area contributed by atoms with E-state index < -0.39 is 0 Å². The number of carbonyl (C=O) groups is 2. The molecule has 6 nitrogen and oxygen atoms in total. The summed E-state index contributed by atoms with van der Waals surface area (Å²) in [5.74, 6) is 1.05. The number of aromatic amines is 1. The summed E-state index contributed by atoms with van der Waals surface area (Å²) in [5, 5.41) is 4.06. The number of aromatic nitrogens is 1. The van der Waals surface area contributed by atoms with E-state index in [1.54, 1.807) is 18.9 Å². The molecule has 1 aliphatic rings. The Kier molecular flexibility index (Phi) is 7.28. The van der Waals surface area contributed by atoms with Crippen molar-refractivity contribution < 1.29 is 14.3 Å². The summed E-state index contributed by atoms with van der Waals surface area (Å²) in [6, 6.07) is 15.9. The lowest BCUT2D eigenvalue weighted by molar-refractivity contribution is -0.126. The van der Waals surface area contributed by atoms with Gasteiger partial charge in [0.15, 0.2) is 0 Å². The number of carbonyl (C=O) groups excluding carboxylic acids is 2. The van der Waals surface area contributed by atoms with Gasteiger partial charge in [0.1, 0.15) is 11.4 Å². The zero-order chi connectivity index (χ0) is 23.4. The number of hydrogen-bond acceptors (Lipinski definition) is 4. The van der Waals surface area contributed by atoms with E-state index in [1.165, 1.54) is 4.90 Å². The number of nitrogens with one attached hydrogen (secondary N) is 2. The standard InChI is InChI=1S/C26H31N3O3S/c1-17(25(30)27-16-18-4-8-22(33-3)9-5-18)19-10-12-29(13-11-19)26(31)24-14-20-6-7-21(32-2)15-23(20)28-24/h4-9,14-15,17,19,28H,10-13,16H2,1-3H3,(H,27,30)/t17-/m0/s1. The Morgan fingerprint density at radius 1 is 1.15 bits per heavy atom. The number of H-pyrrole nitrogens is 1. The van der Waals surface area contributed by atoms with Crippen LogP contribution in [0.15, 0.2) is 53.4 Å². The second-order valence-corrected chi connectivity index (χ2v) is 9.50. The fourth-order valence-corrected chi connectivity index (χ4v) is 4.84. The third-order valence-corrected chi connectivity index (χ3v) is 7.38. The van der Waals surface area contributed by atoms with Gasteiger partial charge in [0.25, 0.3) is 5.91 Å². The molecule has 2 amide bonds. The Balaban J connectivity index is 1.29. The highest BCUT2D eigenvalue weighted by molar-refractivity contribution is 7.98. The normalized spacial score (nSPS) is 15.4. The van der Waals surface area contributed by atoms with Crippen molar-refractivity contribution in [3.05, 3.63) is 59.8 Å². The summed E-state index contributed by atoms with van der Waals surface area (Å²) in [6.07, 6.45) is 3.71. The summed E-state index contributed by atoms with van der Waals surface area (Å²) in [7, 11) is 1.63. The van der Waals surface area contributed by atoms with E-state index in [-0.39, 0.29) is 23.7 Å². The van der Waals surface area contributed by atoms with Crippen LogP contribution in [0.2, 0.25) is 0 Å². The molecule has 33 heavy (non-hydrogen) atoms. The highest BCUT2D eigenvalue weighted by atomic mass is 32.2. The first-order valence-corrected chi connectivity index (χ1v) is 12.6. The molecular weight excluding hydrogens is 434 g/mol. The van der Waals surface area contributed by atoms with Gasteiger partial charge in [-0.3, -0.25) is 9.59 Å². The van der Waals surface area contributed by atoms with E-state index in [2.05, 4.69) is 40.8 Å². The van der Waals surface area contributed by atoms with Crippen LogP contribution in [0.1, 0.15) is 35.8 Å². The molecule has 0 spiro atoms. The molecule has 3 aromatic rings. The minimum Gasteiger partial charge on any atom is -0.497 e. The van der Waals surface area contributed by atoms with Gasteiger partial charge in [-0.15, -0.1) is 11.8 Å². The van der Waals surface area contributed by atoms with Gasteiger partial charge in [-0.1, -0.05) is 19.1 Å². The maximum Gasteiger partial charge on any atom is 0.270 e. The number of fused-ring (bicyclic) bond motifs is 1. The molecule has 1 aromatic heterocycles. The predicted molar refractivity (Wildman–Crippen MR) is 133 cm³/mol. The number of thioether (sulfide) groups is 1. The van der Waals surface area contributed by atoms with Crippen LogP contribution in [0.4, 0.5) is 0 Å². The van der Waals surface area contributed by atoms with Gasteiger partial charge in [-0.2, -0.15) is 0 Å². The maximum atomic E-state index is 13.0. The molecule has 174 valence electrons. The minimum absolute atomic E-state index is 0.00871. The van der Waals surface area contributed by atoms with Crippen molar-refractivity contribution in [2.45, 2.75) is 31.2 Å². The summed E-state index contributed by atoms with van der Waals surface area (Å²) in [6.45, 7) is 3.87. The van der Waals surface area contributed by atoms with Crippen LogP contribution in [-0.4, -0.2) is 48.2 Å². The van der Waals surface area contributed by atoms with Crippen molar-refractivity contribution >= 4 is 34.5 Å². The molecule has 0 radical (unpaired) electrons. The highest BCUT2D eigenvalue weighted by Crippen LogP contribution is 2.27. The van der Waals surface area contributed by atoms with Gasteiger partial charge >= 0.3 is 0 Å². The SMILES string of the molecule is COc1ccc2cc(C(=O)N3CCC([C@H](C)C(=O)NCc4ccc(SC)cc4)CC3)[nH]c2c1. The first-order valence-electron chi connectivity index (χ1n) is 11.3. The molecule has 0 unspecified atom stereocenters. The zero-order valence-corrected chi connectivity index (χ0v) is 20.2. The predicted octanol–water partition coefficient (Wildman–Crippen LogP) is 4.70. The van der Waals surface area contributed by atoms with Crippen molar-refractivity contribution in [2.75, 3.05) is 26.5 Å². The molecule has 2 aromatic carbocycles. The number of nitrogens with zero attached hydrogens (tertiary/aromatic N) is 1. The average molecular weight is 466 g/mol. The van der Waals surface area contributed by atoms with E-state index in [1.807, 2.05) is 36.1 Å². The first kappa shape index (κ1) is 23.2. The van der Waals surface area contributed by atoms with Crippen molar-refractivity contribution in [2.24, 2.45) is 11.8 Å². The number of rotatable bonds is 7. The van der Waals surface area contributed by atoms with E-state index >= 15 is 0 Å². The average Bonchev–Trinajstić information content (AvgIpc) is 3.30. The third kappa shape index (κ3) is 5.36. The van der Waals surface area contributed by atoms with Crippen LogP contribution in [0.5, 0.6) is 5.75 Å². The number of ether oxygens (including phenoxy) is 1. The van der Waals surface area contributed by atoms with Gasteiger partial charge in [0.05, 0.1) is 7.11 Å². The Bertz CT molecular complexity index is 1120. The monoisotopic (exact) mass is 465 g/mol. The largest absolute Gasteiger partial charge is 0.497 e. The summed E-state index contributed by atoms with van der Waals surface area (Å²) in [4.78, 5) is 32.1. The summed E-state index contributed by atoms with van der Waals surface area (Å²) >= 11 is 1.71. The van der Waals surface area contributed by atoms with Gasteiger partial charge < -0.3 is 19.9 Å². The lowest BCUT2D eigenvalue weighted by atomic mass is 9.84. The highest BCUT2D eigenvalue weighted by Gasteiger charge is 2.30. The molecular formula is C26H31N3O3S. The molecule has 0 aliphatic carbocycles. The molecule has 1 fully saturated rings. The number of piperidine rings is 1. The summed E-state index contributed by atoms with van der Waals surface area (Å²) < 4.78 is 5.26. The molecule has 0 bridgehead atoms. The van der Waals surface area contributed by atoms with Crippen LogP contribution in [0.3, 0.4) is 0 Å². The van der Waals surface area contributed by atoms with Crippen molar-refractivity contribution in [3.63, 3.8) is 0 Å². The van der Waals surface area contributed by atoms with Crippen molar-refractivity contribution in [3.8, 4) is 5.75 Å². The number of amides is 2. The fourth-order valence-electron chi connectivity index (χ4n) is 4.43. The van der Waals surface area contributed by atoms with E-state index in [4.69, 9.17) is 4.74 Å². The quantitative estimate of drug-likeness (QED) is 0.496. The zero-order valence-electron chi connectivity index (χ0n) is 19.4. The van der Waals surface area contributed by atoms with E-state index in [0.29, 0.717) is 25.3 Å². The third-order valence-electron chi connectivity index (χ3n) is 6.63. The number of methoxy groups -OCH3 is 1. The molecule has 1 saturated heterocycles. The van der Waals surface area contributed by atoms with Gasteiger partial charge in [0.2, 0.25) is 5.91 Å². The Morgan fingerprint density at radius 2 is 1.88 bits per heavy atom. The first-order chi connectivity index (χ1) is 16.0. The van der Waals surface area contributed by atoms with Crippen LogP contribution in [-0.2, 0) is 11.3 Å². The Hall–Kier alpha value is -2.93. The van der Waals surface area contributed by atoms with Gasteiger partial charge in [-0.25, -0.2) is 0 Å². The van der Waals surface area contributed by atoms with Gasteiger partial charge in [-0.05, 0) is 60.9 Å². The van der Waals surface area contributed by atoms with Gasteiger partial charge in [0, 0.05) is 47.4 Å². The van der Waals surface area contributed by atoms with Crippen LogP contribution in [0, 0.1) is 11.8 Å². The molecule has 2 heterocycles. The maximum absolute atomic E-state index is 13.0. The second-order valence-electron chi connectivity index (χ2n) is 8.62. The second kappa shape index (κ2) is 10.3. The Labute approximate surface area is 199 Å². The smallest absolute Gasteiger partial charge is 0.270 e. The van der Waals surface area contributed by atoms with Crippen LogP contribution in [0.25, 0.3) is 10.9 Å². The molecule has 7 heteroatoms. The topological polar surface area (TPSA) is 74.4 Å². The molecule has 1 aliphatic heterocycles. The summed E-state index contributed by atoms with van der Waals surface area (Å²) in [5.41, 5.74) is 2.58. The fraction of sp³-hybridized carbons (Fsp3) is 0.385. The van der Waals surface area contributed by atoms with Crippen molar-refractivity contribution in [1.29, 1.82) is 0 Å². The number of benzene rings is 2. The molecule has 2 N–H and O–H groups in total. The minimum atomic E-state index is -0.0757. The van der Waals surface area contributed by atoms with Crippen LogP contribution < -0.4 is 10.1 Å². The molecule has 0 saturated carbocycles. The number of hydrogen-bond donors (Lipinski definition) is 2. The van der Waals surface area contributed by atoms with Crippen LogP contribution >= 0.6 is 11.8 Å². The lowest BCUT2D eigenvalue weighted by Crippen LogP contribution is -2.42. The lowest BCUT2D eigenvalue weighted by Gasteiger charge is -2.34. The number of likely N-dealkylation sites (tertiary alicyclic amines) is 1. The molecule has 1 atom stereocenters.